The highest BCUT2D eigenvalue weighted by Crippen LogP contribution is 2.23. The molecule has 2 amide bonds. The number of amides is 2. The molecule has 1 saturated heterocycles. The molecule has 3 rings (SSSR count). The lowest BCUT2D eigenvalue weighted by molar-refractivity contribution is -0.157. The minimum Gasteiger partial charge on any atom is -0.455 e. The standard InChI is InChI=1S/C33H46N4O6/c1-8-26(19(2)3)31(40)34-20(4)32(41)37-17-9-10-29(36-37)33(42)43-23(7)28-16-14-25-13-11-24(18-30(25)35-28)12-15-27(21(5)38)22(6)39/h11-16,18-21,23,26-27,29,36,38H,8-10,17H2,1-7H3,(H,34,40). The molecule has 2 heterocycles. The molecule has 10 heteroatoms. The van der Waals surface area contributed by atoms with E-state index in [2.05, 4.69) is 10.7 Å². The summed E-state index contributed by atoms with van der Waals surface area (Å²) in [6.07, 6.45) is 3.87. The first-order valence-electron chi connectivity index (χ1n) is 15.2. The number of rotatable bonds is 12. The minimum atomic E-state index is -0.786. The van der Waals surface area contributed by atoms with Crippen molar-refractivity contribution >= 4 is 40.5 Å². The second-order valence-electron chi connectivity index (χ2n) is 11.8. The lowest BCUT2D eigenvalue weighted by Gasteiger charge is -2.35. The Bertz CT molecular complexity index is 1340. The molecule has 234 valence electrons. The van der Waals surface area contributed by atoms with Crippen LogP contribution in [-0.4, -0.2) is 63.4 Å². The van der Waals surface area contributed by atoms with E-state index in [-0.39, 0.29) is 29.4 Å². The third kappa shape index (κ3) is 8.93. The van der Waals surface area contributed by atoms with Crippen LogP contribution in [-0.2, 0) is 23.9 Å². The molecule has 1 aliphatic heterocycles. The van der Waals surface area contributed by atoms with Gasteiger partial charge in [0.2, 0.25) is 5.91 Å². The number of Topliss-reactive ketones (excluding diaryl/α,β-unsaturated/α-hetero) is 1. The van der Waals surface area contributed by atoms with Crippen molar-refractivity contribution in [1.82, 2.24) is 20.7 Å². The Morgan fingerprint density at radius 2 is 1.84 bits per heavy atom. The zero-order valence-corrected chi connectivity index (χ0v) is 26.3. The number of nitrogens with one attached hydrogen (secondary N) is 2. The molecule has 0 radical (unpaired) electrons. The summed E-state index contributed by atoms with van der Waals surface area (Å²) < 4.78 is 5.76. The molecule has 0 bridgehead atoms. The Kier molecular flexibility index (Phi) is 12.0. The summed E-state index contributed by atoms with van der Waals surface area (Å²) in [5.41, 5.74) is 5.09. The van der Waals surface area contributed by atoms with Crippen molar-refractivity contribution in [1.29, 1.82) is 0 Å². The monoisotopic (exact) mass is 594 g/mol. The van der Waals surface area contributed by atoms with E-state index in [0.717, 1.165) is 10.9 Å². The van der Waals surface area contributed by atoms with Gasteiger partial charge in [-0.05, 0) is 70.6 Å². The third-order valence-electron chi connectivity index (χ3n) is 7.98. The van der Waals surface area contributed by atoms with Crippen LogP contribution >= 0.6 is 0 Å². The number of aromatic nitrogens is 1. The lowest BCUT2D eigenvalue weighted by atomic mass is 9.92. The Balaban J connectivity index is 1.64. The third-order valence-corrected chi connectivity index (χ3v) is 7.98. The van der Waals surface area contributed by atoms with Crippen LogP contribution in [0.1, 0.15) is 85.1 Å². The van der Waals surface area contributed by atoms with Gasteiger partial charge in [0.1, 0.15) is 24.0 Å². The van der Waals surface area contributed by atoms with Crippen molar-refractivity contribution in [3.05, 3.63) is 47.7 Å². The summed E-state index contributed by atoms with van der Waals surface area (Å²) in [4.78, 5) is 55.3. The minimum absolute atomic E-state index is 0.115. The fraction of sp³-hybridized carbons (Fsp3) is 0.545. The van der Waals surface area contributed by atoms with Crippen LogP contribution in [0.25, 0.3) is 17.0 Å². The highest BCUT2D eigenvalue weighted by molar-refractivity contribution is 5.88. The summed E-state index contributed by atoms with van der Waals surface area (Å²) in [6, 6.07) is 7.97. The molecule has 1 aromatic carbocycles. The smallest absolute Gasteiger partial charge is 0.325 e. The van der Waals surface area contributed by atoms with Crippen LogP contribution in [0.3, 0.4) is 0 Å². The Morgan fingerprint density at radius 3 is 2.47 bits per heavy atom. The van der Waals surface area contributed by atoms with E-state index >= 15 is 0 Å². The number of aliphatic hydroxyl groups is 1. The first-order valence-corrected chi connectivity index (χ1v) is 15.2. The number of carbonyl (C=O) groups excluding carboxylic acids is 4. The van der Waals surface area contributed by atoms with Gasteiger partial charge in [-0.25, -0.2) is 10.4 Å². The molecular weight excluding hydrogens is 548 g/mol. The van der Waals surface area contributed by atoms with Crippen molar-refractivity contribution in [3.8, 4) is 0 Å². The summed E-state index contributed by atoms with van der Waals surface area (Å²) in [5.74, 6) is -1.65. The topological polar surface area (TPSA) is 138 Å². The molecule has 0 spiro atoms. The molecule has 0 saturated carbocycles. The van der Waals surface area contributed by atoms with Gasteiger partial charge < -0.3 is 15.2 Å². The second kappa shape index (κ2) is 15.2. The maximum atomic E-state index is 13.1. The average molecular weight is 595 g/mol. The first-order chi connectivity index (χ1) is 20.3. The number of esters is 1. The predicted molar refractivity (Wildman–Crippen MR) is 165 cm³/mol. The van der Waals surface area contributed by atoms with E-state index in [9.17, 15) is 24.3 Å². The Morgan fingerprint density at radius 1 is 1.14 bits per heavy atom. The highest BCUT2D eigenvalue weighted by atomic mass is 16.5. The van der Waals surface area contributed by atoms with Gasteiger partial charge in [-0.3, -0.25) is 24.2 Å². The second-order valence-corrected chi connectivity index (χ2v) is 11.8. The number of fused-ring (bicyclic) bond motifs is 1. The van der Waals surface area contributed by atoms with E-state index in [4.69, 9.17) is 9.72 Å². The fourth-order valence-electron chi connectivity index (χ4n) is 5.34. The van der Waals surface area contributed by atoms with E-state index < -0.39 is 36.2 Å². The first kappa shape index (κ1) is 33.9. The van der Waals surface area contributed by atoms with Crippen LogP contribution < -0.4 is 10.7 Å². The lowest BCUT2D eigenvalue weighted by Crippen LogP contribution is -2.59. The van der Waals surface area contributed by atoms with Gasteiger partial charge >= 0.3 is 5.97 Å². The summed E-state index contributed by atoms with van der Waals surface area (Å²) in [5, 5.41) is 15.0. The average Bonchev–Trinajstić information content (AvgIpc) is 2.96. The SMILES string of the molecule is CCC(C(=O)NC(C)C(=O)N1CCCC(C(=O)OC(C)c2ccc3ccc(C=CC(C(C)=O)C(C)O)cc3n2)N1)C(C)C. The molecule has 6 atom stereocenters. The molecule has 1 fully saturated rings. The van der Waals surface area contributed by atoms with Crippen LogP contribution in [0.5, 0.6) is 0 Å². The number of hydrogen-bond donors (Lipinski definition) is 3. The van der Waals surface area contributed by atoms with Crippen LogP contribution in [0.15, 0.2) is 36.4 Å². The van der Waals surface area contributed by atoms with E-state index in [1.54, 1.807) is 32.9 Å². The number of hydrazine groups is 1. The van der Waals surface area contributed by atoms with Crippen molar-refractivity contribution in [3.63, 3.8) is 0 Å². The van der Waals surface area contributed by atoms with E-state index in [1.807, 2.05) is 51.1 Å². The van der Waals surface area contributed by atoms with Gasteiger partial charge in [0, 0.05) is 17.8 Å². The van der Waals surface area contributed by atoms with E-state index in [0.29, 0.717) is 37.0 Å². The molecule has 0 aliphatic carbocycles. The number of aliphatic hydroxyl groups excluding tert-OH is 1. The van der Waals surface area contributed by atoms with Crippen molar-refractivity contribution in [2.45, 2.75) is 92.0 Å². The van der Waals surface area contributed by atoms with Crippen LogP contribution in [0.2, 0.25) is 0 Å². The summed E-state index contributed by atoms with van der Waals surface area (Å²) >= 11 is 0. The molecule has 2 aromatic rings. The number of ketones is 1. The number of nitrogens with zero attached hydrogens (tertiary/aromatic N) is 2. The summed E-state index contributed by atoms with van der Waals surface area (Å²) in [7, 11) is 0. The summed E-state index contributed by atoms with van der Waals surface area (Å²) in [6.45, 7) is 12.8. The molecule has 10 nitrogen and oxygen atoms in total. The molecule has 1 aliphatic rings. The quantitative estimate of drug-likeness (QED) is 0.312. The van der Waals surface area contributed by atoms with Crippen molar-refractivity contribution in [2.24, 2.45) is 17.8 Å². The molecule has 43 heavy (non-hydrogen) atoms. The van der Waals surface area contributed by atoms with Crippen molar-refractivity contribution in [2.75, 3.05) is 6.54 Å². The van der Waals surface area contributed by atoms with Crippen LogP contribution in [0.4, 0.5) is 0 Å². The molecular formula is C33H46N4O6. The number of benzene rings is 1. The fourth-order valence-corrected chi connectivity index (χ4v) is 5.34. The normalized spacial score (nSPS) is 19.1. The largest absolute Gasteiger partial charge is 0.455 e. The zero-order valence-electron chi connectivity index (χ0n) is 26.3. The number of hydrogen-bond acceptors (Lipinski definition) is 8. The Labute approximate surface area is 254 Å². The van der Waals surface area contributed by atoms with Gasteiger partial charge in [0.05, 0.1) is 23.2 Å². The predicted octanol–water partition coefficient (Wildman–Crippen LogP) is 4.12. The maximum Gasteiger partial charge on any atom is 0.325 e. The molecule has 6 unspecified atom stereocenters. The maximum absolute atomic E-state index is 13.1. The van der Waals surface area contributed by atoms with Gasteiger partial charge in [-0.1, -0.05) is 51.1 Å². The Hall–Kier alpha value is -3.63. The van der Waals surface area contributed by atoms with Gasteiger partial charge in [-0.2, -0.15) is 0 Å². The highest BCUT2D eigenvalue weighted by Gasteiger charge is 2.33. The number of pyridine rings is 1. The van der Waals surface area contributed by atoms with E-state index in [1.165, 1.54) is 11.9 Å². The van der Waals surface area contributed by atoms with Crippen molar-refractivity contribution < 1.29 is 29.0 Å². The number of ether oxygens (including phenoxy) is 1. The number of carbonyl (C=O) groups is 4. The molecule has 3 N–H and O–H groups in total. The van der Waals surface area contributed by atoms with Gasteiger partial charge in [0.25, 0.3) is 5.91 Å². The molecule has 1 aromatic heterocycles. The zero-order chi connectivity index (χ0) is 31.8. The van der Waals surface area contributed by atoms with Gasteiger partial charge in [-0.15, -0.1) is 0 Å². The van der Waals surface area contributed by atoms with Gasteiger partial charge in [0.15, 0.2) is 0 Å². The van der Waals surface area contributed by atoms with Crippen LogP contribution in [0, 0.1) is 17.8 Å².